The van der Waals surface area contributed by atoms with Crippen molar-refractivity contribution in [1.82, 2.24) is 16.0 Å². The van der Waals surface area contributed by atoms with Gasteiger partial charge in [-0.25, -0.2) is 0 Å². The number of carbonyl (C=O) groups is 4. The van der Waals surface area contributed by atoms with Crippen molar-refractivity contribution in [3.8, 4) is 0 Å². The smallest absolute Gasteiger partial charge is 0.220 e. The average Bonchev–Trinajstić information content (AvgIpc) is 2.80. The summed E-state index contributed by atoms with van der Waals surface area (Å²) in [4.78, 5) is 46.6. The highest BCUT2D eigenvalue weighted by atomic mass is 32.7. The Morgan fingerprint density at radius 2 is 1.69 bits per heavy atom. The quantitative estimate of drug-likeness (QED) is 0.0793. The van der Waals surface area contributed by atoms with Crippen molar-refractivity contribution in [1.29, 1.82) is 0 Å². The summed E-state index contributed by atoms with van der Waals surface area (Å²) in [5.41, 5.74) is 0. The van der Waals surface area contributed by atoms with Gasteiger partial charge in [0.2, 0.25) is 11.8 Å². The third-order valence-electron chi connectivity index (χ3n) is 5.19. The summed E-state index contributed by atoms with van der Waals surface area (Å²) in [7, 11) is 0.183. The van der Waals surface area contributed by atoms with Crippen molar-refractivity contribution in [2.45, 2.75) is 75.6 Å². The van der Waals surface area contributed by atoms with Gasteiger partial charge in [-0.1, -0.05) is 0 Å². The van der Waals surface area contributed by atoms with E-state index in [1.54, 1.807) is 0 Å². The van der Waals surface area contributed by atoms with E-state index < -0.39 is 12.1 Å². The highest BCUT2D eigenvalue weighted by Gasteiger charge is 2.24. The summed E-state index contributed by atoms with van der Waals surface area (Å²) in [6.07, 6.45) is 6.01. The predicted octanol–water partition coefficient (Wildman–Crippen LogP) is 0.279. The Hall–Kier alpha value is -1.10. The highest BCUT2D eigenvalue weighted by molar-refractivity contribution is 8.36. The van der Waals surface area contributed by atoms with Crippen molar-refractivity contribution < 1.29 is 33.5 Å². The standard InChI is InChI=1S/C20H36N3O7PS/c24-10-12-29-11-9-21-19(27)7-3-17(14-26)23-20(28)8-4-16(13-25)22-15-1-5-18(6-2-15)30-31-32/h13-18,22,24,31-32H,1-12H2,(H,21,27)(H,23,28)/t15-,16?,17?,18+. The van der Waals surface area contributed by atoms with Crippen LogP contribution in [-0.4, -0.2) is 80.1 Å². The van der Waals surface area contributed by atoms with E-state index in [0.717, 1.165) is 32.0 Å². The molecule has 0 radical (unpaired) electrons. The molecule has 0 spiro atoms. The monoisotopic (exact) mass is 493 g/mol. The van der Waals surface area contributed by atoms with Gasteiger partial charge in [-0.2, -0.15) is 0 Å². The first-order valence-corrected chi connectivity index (χ1v) is 13.2. The minimum Gasteiger partial charge on any atom is -0.394 e. The van der Waals surface area contributed by atoms with Crippen LogP contribution in [0.5, 0.6) is 0 Å². The lowest BCUT2D eigenvalue weighted by Crippen LogP contribution is -2.43. The lowest BCUT2D eigenvalue weighted by molar-refractivity contribution is -0.125. The van der Waals surface area contributed by atoms with Gasteiger partial charge >= 0.3 is 0 Å². The third kappa shape index (κ3) is 13.4. The van der Waals surface area contributed by atoms with Crippen LogP contribution in [0.2, 0.25) is 0 Å². The average molecular weight is 494 g/mol. The maximum atomic E-state index is 12.2. The van der Waals surface area contributed by atoms with E-state index in [-0.39, 0.29) is 71.1 Å². The Labute approximate surface area is 196 Å². The lowest BCUT2D eigenvalue weighted by Gasteiger charge is -2.30. The van der Waals surface area contributed by atoms with Crippen LogP contribution < -0.4 is 16.0 Å². The first-order valence-electron chi connectivity index (χ1n) is 11.0. The van der Waals surface area contributed by atoms with Crippen molar-refractivity contribution in [2.24, 2.45) is 0 Å². The fourth-order valence-electron chi connectivity index (χ4n) is 3.46. The molecule has 0 aromatic rings. The summed E-state index contributed by atoms with van der Waals surface area (Å²) in [5.74, 6) is -0.584. The molecule has 32 heavy (non-hydrogen) atoms. The van der Waals surface area contributed by atoms with Crippen LogP contribution in [0.25, 0.3) is 0 Å². The molecule has 0 aromatic heterocycles. The van der Waals surface area contributed by atoms with Crippen LogP contribution >= 0.6 is 20.3 Å². The van der Waals surface area contributed by atoms with Crippen molar-refractivity contribution in [3.63, 3.8) is 0 Å². The van der Waals surface area contributed by atoms with E-state index in [2.05, 4.69) is 28.2 Å². The molecule has 3 unspecified atom stereocenters. The summed E-state index contributed by atoms with van der Waals surface area (Å²) in [6.45, 7) is 0.729. The van der Waals surface area contributed by atoms with E-state index in [9.17, 15) is 19.2 Å². The zero-order valence-corrected chi connectivity index (χ0v) is 20.2. The van der Waals surface area contributed by atoms with Gasteiger partial charge in [0.1, 0.15) is 12.6 Å². The lowest BCUT2D eigenvalue weighted by atomic mass is 9.92. The highest BCUT2D eigenvalue weighted by Crippen LogP contribution is 2.29. The summed E-state index contributed by atoms with van der Waals surface area (Å²) >= 11 is 4.10. The van der Waals surface area contributed by atoms with Crippen LogP contribution in [0.15, 0.2) is 0 Å². The fraction of sp³-hybridized carbons (Fsp3) is 0.800. The first kappa shape index (κ1) is 28.9. The molecule has 1 saturated carbocycles. The van der Waals surface area contributed by atoms with Gasteiger partial charge in [-0.15, -0.1) is 12.2 Å². The molecule has 10 nitrogen and oxygen atoms in total. The van der Waals surface area contributed by atoms with Crippen LogP contribution in [0.1, 0.15) is 51.4 Å². The number of aliphatic hydroxyl groups excluding tert-OH is 1. The molecule has 3 atom stereocenters. The molecule has 0 aliphatic heterocycles. The molecule has 0 bridgehead atoms. The number of rotatable bonds is 18. The normalized spacial score (nSPS) is 20.6. The van der Waals surface area contributed by atoms with Gasteiger partial charge in [0.15, 0.2) is 0 Å². The van der Waals surface area contributed by atoms with Gasteiger partial charge in [0.05, 0.1) is 46.0 Å². The minimum atomic E-state index is -0.760. The molecule has 184 valence electrons. The number of thiol groups is 1. The first-order chi connectivity index (χ1) is 15.5. The van der Waals surface area contributed by atoms with Crippen LogP contribution in [0.4, 0.5) is 0 Å². The number of hydrogen-bond acceptors (Lipinski definition) is 9. The molecule has 1 rings (SSSR count). The SMILES string of the molecule is O=CC(CCC(=O)NCCOCCO)NC(=O)CCC(C=O)N[C@H]1CC[C@@H](OPS)CC1. The Bertz CT molecular complexity index is 565. The number of aliphatic hydroxyl groups is 1. The molecular weight excluding hydrogens is 457 g/mol. The summed E-state index contributed by atoms with van der Waals surface area (Å²) in [5, 5.41) is 17.1. The molecule has 4 N–H and O–H groups in total. The zero-order valence-electron chi connectivity index (χ0n) is 18.3. The Morgan fingerprint density at radius 3 is 2.31 bits per heavy atom. The van der Waals surface area contributed by atoms with E-state index in [0.29, 0.717) is 19.3 Å². The number of hydrogen-bond donors (Lipinski definition) is 5. The van der Waals surface area contributed by atoms with Gasteiger partial charge < -0.3 is 39.9 Å². The predicted molar refractivity (Wildman–Crippen MR) is 125 cm³/mol. The molecule has 12 heteroatoms. The minimum absolute atomic E-state index is 0.0777. The Kier molecular flexibility index (Phi) is 16.6. The van der Waals surface area contributed by atoms with Gasteiger partial charge in [-0.05, 0) is 38.5 Å². The van der Waals surface area contributed by atoms with Crippen molar-refractivity contribution in [3.05, 3.63) is 0 Å². The maximum Gasteiger partial charge on any atom is 0.220 e. The maximum absolute atomic E-state index is 12.2. The molecule has 1 fully saturated rings. The van der Waals surface area contributed by atoms with Gasteiger partial charge in [0.25, 0.3) is 0 Å². The van der Waals surface area contributed by atoms with Crippen molar-refractivity contribution in [2.75, 3.05) is 26.4 Å². The summed E-state index contributed by atoms with van der Waals surface area (Å²) in [6, 6.07) is -0.973. The molecule has 0 saturated heterocycles. The number of carbonyl (C=O) groups excluding carboxylic acids is 4. The van der Waals surface area contributed by atoms with E-state index in [4.69, 9.17) is 14.4 Å². The zero-order chi connectivity index (χ0) is 23.6. The second-order valence-corrected chi connectivity index (χ2v) is 8.63. The molecule has 0 heterocycles. The van der Waals surface area contributed by atoms with Crippen LogP contribution in [0.3, 0.4) is 0 Å². The number of aldehydes is 2. The van der Waals surface area contributed by atoms with Crippen LogP contribution in [0, 0.1) is 0 Å². The van der Waals surface area contributed by atoms with E-state index in [1.165, 1.54) is 0 Å². The van der Waals surface area contributed by atoms with Gasteiger partial charge in [-0.3, -0.25) is 9.59 Å². The summed E-state index contributed by atoms with van der Waals surface area (Å²) < 4.78 is 10.6. The topological polar surface area (TPSA) is 143 Å². The third-order valence-corrected chi connectivity index (χ3v) is 5.94. The molecule has 0 aromatic carbocycles. The number of ether oxygens (including phenoxy) is 1. The fourth-order valence-corrected chi connectivity index (χ4v) is 4.29. The molecule has 2 amide bonds. The second kappa shape index (κ2) is 18.3. The molecule has 1 aliphatic carbocycles. The van der Waals surface area contributed by atoms with Crippen LogP contribution in [-0.2, 0) is 28.4 Å². The Balaban J connectivity index is 2.23. The Morgan fingerprint density at radius 1 is 1.03 bits per heavy atom. The molecule has 1 aliphatic rings. The van der Waals surface area contributed by atoms with Crippen molar-refractivity contribution >= 4 is 44.6 Å². The van der Waals surface area contributed by atoms with E-state index >= 15 is 0 Å². The van der Waals surface area contributed by atoms with E-state index in [1.807, 2.05) is 0 Å². The van der Waals surface area contributed by atoms with Gasteiger partial charge in [0, 0.05) is 25.4 Å². The largest absolute Gasteiger partial charge is 0.394 e. The number of amides is 2. The number of nitrogens with one attached hydrogen (secondary N) is 3. The molecular formula is C20H36N3O7PS. The second-order valence-electron chi connectivity index (χ2n) is 7.67.